The molecule has 0 unspecified atom stereocenters. The predicted molar refractivity (Wildman–Crippen MR) is 73.3 cm³/mol. The van der Waals surface area contributed by atoms with E-state index < -0.39 is 0 Å². The summed E-state index contributed by atoms with van der Waals surface area (Å²) in [6, 6.07) is 12.6. The van der Waals surface area contributed by atoms with Crippen LogP contribution in [-0.2, 0) is 5.88 Å². The molecule has 3 aromatic rings. The van der Waals surface area contributed by atoms with Crippen LogP contribution in [0.3, 0.4) is 0 Å². The zero-order chi connectivity index (χ0) is 12.4. The molecule has 0 bridgehead atoms. The van der Waals surface area contributed by atoms with Crippen molar-refractivity contribution in [3.05, 3.63) is 54.4 Å². The molecule has 0 saturated heterocycles. The van der Waals surface area contributed by atoms with Gasteiger partial charge in [-0.1, -0.05) is 30.3 Å². The van der Waals surface area contributed by atoms with E-state index in [4.69, 9.17) is 16.0 Å². The molecule has 0 fully saturated rings. The summed E-state index contributed by atoms with van der Waals surface area (Å²) in [5, 5.41) is 5.41. The smallest absolute Gasteiger partial charge is 0.299 e. The number of anilines is 2. The highest BCUT2D eigenvalue weighted by atomic mass is 35.5. The first-order valence-electron chi connectivity index (χ1n) is 5.61. The number of nitrogens with one attached hydrogen (secondary N) is 1. The van der Waals surface area contributed by atoms with Gasteiger partial charge in [0.15, 0.2) is 0 Å². The van der Waals surface area contributed by atoms with Crippen LogP contribution in [0.1, 0.15) is 5.56 Å². The van der Waals surface area contributed by atoms with Gasteiger partial charge in [0.1, 0.15) is 6.26 Å². The van der Waals surface area contributed by atoms with Crippen LogP contribution >= 0.6 is 11.6 Å². The van der Waals surface area contributed by atoms with Crippen molar-refractivity contribution in [1.82, 2.24) is 4.98 Å². The molecule has 18 heavy (non-hydrogen) atoms. The van der Waals surface area contributed by atoms with E-state index in [9.17, 15) is 0 Å². The Labute approximate surface area is 109 Å². The van der Waals surface area contributed by atoms with Crippen molar-refractivity contribution in [2.45, 2.75) is 5.88 Å². The lowest BCUT2D eigenvalue weighted by molar-refractivity contribution is 0.578. The molecule has 0 atom stereocenters. The molecule has 0 spiro atoms. The summed E-state index contributed by atoms with van der Waals surface area (Å²) in [6.07, 6.45) is 3.15. The summed E-state index contributed by atoms with van der Waals surface area (Å²) in [5.74, 6) is 0.500. The van der Waals surface area contributed by atoms with Gasteiger partial charge in [-0.2, -0.15) is 0 Å². The van der Waals surface area contributed by atoms with E-state index in [0.29, 0.717) is 11.9 Å². The van der Waals surface area contributed by atoms with E-state index in [0.717, 1.165) is 22.0 Å². The molecule has 0 aliphatic rings. The monoisotopic (exact) mass is 258 g/mol. The van der Waals surface area contributed by atoms with Crippen LogP contribution < -0.4 is 5.32 Å². The average Bonchev–Trinajstić information content (AvgIpc) is 2.92. The van der Waals surface area contributed by atoms with Crippen molar-refractivity contribution in [3.8, 4) is 0 Å². The first-order valence-corrected chi connectivity index (χ1v) is 6.15. The second kappa shape index (κ2) is 4.70. The summed E-state index contributed by atoms with van der Waals surface area (Å²) in [4.78, 5) is 4.06. The lowest BCUT2D eigenvalue weighted by atomic mass is 10.0. The zero-order valence-electron chi connectivity index (χ0n) is 9.56. The minimum Gasteiger partial charge on any atom is -0.432 e. The second-order valence-electron chi connectivity index (χ2n) is 3.91. The van der Waals surface area contributed by atoms with Gasteiger partial charge in [0.05, 0.1) is 11.9 Å². The molecule has 90 valence electrons. The highest BCUT2D eigenvalue weighted by Crippen LogP contribution is 2.29. The molecule has 0 saturated carbocycles. The number of oxazole rings is 1. The molecule has 1 N–H and O–H groups in total. The van der Waals surface area contributed by atoms with Gasteiger partial charge < -0.3 is 9.73 Å². The Kier molecular flexibility index (Phi) is 2.90. The largest absolute Gasteiger partial charge is 0.432 e. The lowest BCUT2D eigenvalue weighted by Crippen LogP contribution is -1.93. The third-order valence-electron chi connectivity index (χ3n) is 2.83. The van der Waals surface area contributed by atoms with Gasteiger partial charge in [0, 0.05) is 11.3 Å². The third-order valence-corrected chi connectivity index (χ3v) is 3.12. The highest BCUT2D eigenvalue weighted by molar-refractivity contribution is 6.18. The Morgan fingerprint density at radius 2 is 1.94 bits per heavy atom. The van der Waals surface area contributed by atoms with Crippen molar-refractivity contribution in [2.75, 3.05) is 5.32 Å². The molecular weight excluding hydrogens is 248 g/mol. The third kappa shape index (κ3) is 1.93. The quantitative estimate of drug-likeness (QED) is 0.712. The molecule has 3 nitrogen and oxygen atoms in total. The van der Waals surface area contributed by atoms with Crippen LogP contribution in [-0.4, -0.2) is 4.98 Å². The van der Waals surface area contributed by atoms with Gasteiger partial charge in [-0.25, -0.2) is 4.98 Å². The molecule has 0 aliphatic carbocycles. The van der Waals surface area contributed by atoms with Crippen molar-refractivity contribution in [3.63, 3.8) is 0 Å². The first-order chi connectivity index (χ1) is 8.88. The average molecular weight is 259 g/mol. The maximum atomic E-state index is 5.95. The topological polar surface area (TPSA) is 38.1 Å². The van der Waals surface area contributed by atoms with Gasteiger partial charge in [0.25, 0.3) is 6.01 Å². The van der Waals surface area contributed by atoms with E-state index in [1.807, 2.05) is 24.3 Å². The van der Waals surface area contributed by atoms with Gasteiger partial charge in [-0.05, 0) is 17.0 Å². The van der Waals surface area contributed by atoms with E-state index in [1.165, 1.54) is 6.26 Å². The zero-order valence-corrected chi connectivity index (χ0v) is 10.3. The van der Waals surface area contributed by atoms with Crippen molar-refractivity contribution >= 4 is 34.1 Å². The number of alkyl halides is 1. The van der Waals surface area contributed by atoms with E-state index in [-0.39, 0.29) is 0 Å². The van der Waals surface area contributed by atoms with Crippen molar-refractivity contribution < 1.29 is 4.42 Å². The number of rotatable bonds is 3. The number of hydrogen-bond acceptors (Lipinski definition) is 3. The molecular formula is C14H11ClN2O. The van der Waals surface area contributed by atoms with Crippen molar-refractivity contribution in [2.24, 2.45) is 0 Å². The summed E-state index contributed by atoms with van der Waals surface area (Å²) >= 11 is 5.95. The Balaban J connectivity index is 2.13. The number of fused-ring (bicyclic) bond motifs is 1. The number of aromatic nitrogens is 1. The Morgan fingerprint density at radius 1 is 1.11 bits per heavy atom. The Bertz CT molecular complexity index is 665. The fourth-order valence-electron chi connectivity index (χ4n) is 1.99. The van der Waals surface area contributed by atoms with E-state index in [1.54, 1.807) is 6.20 Å². The number of hydrogen-bond donors (Lipinski definition) is 1. The minimum atomic E-state index is 0.485. The maximum Gasteiger partial charge on any atom is 0.299 e. The van der Waals surface area contributed by atoms with E-state index >= 15 is 0 Å². The molecule has 3 rings (SSSR count). The van der Waals surface area contributed by atoms with Crippen LogP contribution in [0, 0.1) is 0 Å². The Morgan fingerprint density at radius 3 is 2.67 bits per heavy atom. The van der Waals surface area contributed by atoms with Gasteiger partial charge in [0.2, 0.25) is 0 Å². The summed E-state index contributed by atoms with van der Waals surface area (Å²) in [7, 11) is 0. The number of benzene rings is 2. The van der Waals surface area contributed by atoms with Crippen molar-refractivity contribution in [1.29, 1.82) is 0 Å². The molecule has 0 amide bonds. The maximum absolute atomic E-state index is 5.95. The number of halogens is 1. The fourth-order valence-corrected chi connectivity index (χ4v) is 2.22. The summed E-state index contributed by atoms with van der Waals surface area (Å²) < 4.78 is 5.19. The van der Waals surface area contributed by atoms with E-state index in [2.05, 4.69) is 22.4 Å². The van der Waals surface area contributed by atoms with Gasteiger partial charge in [-0.15, -0.1) is 11.6 Å². The standard InChI is InChI=1S/C14H11ClN2O/c15-9-10-5-6-13(17-14-16-7-8-18-14)12-4-2-1-3-11(10)12/h1-8H,9H2,(H,16,17). The fraction of sp³-hybridized carbons (Fsp3) is 0.0714. The molecule has 0 aliphatic heterocycles. The SMILES string of the molecule is ClCc1ccc(Nc2ncco2)c2ccccc12. The lowest BCUT2D eigenvalue weighted by Gasteiger charge is -2.09. The van der Waals surface area contributed by atoms with Crippen LogP contribution in [0.15, 0.2) is 53.3 Å². The molecule has 1 aromatic heterocycles. The van der Waals surface area contributed by atoms with Crippen LogP contribution in [0.5, 0.6) is 0 Å². The van der Waals surface area contributed by atoms with Gasteiger partial charge in [-0.3, -0.25) is 0 Å². The summed E-state index contributed by atoms with van der Waals surface area (Å²) in [5.41, 5.74) is 2.08. The van der Waals surface area contributed by atoms with Crippen LogP contribution in [0.25, 0.3) is 10.8 Å². The minimum absolute atomic E-state index is 0.485. The summed E-state index contributed by atoms with van der Waals surface area (Å²) in [6.45, 7) is 0. The molecule has 0 radical (unpaired) electrons. The second-order valence-corrected chi connectivity index (χ2v) is 4.18. The number of nitrogens with zero attached hydrogens (tertiary/aromatic N) is 1. The molecule has 2 aromatic carbocycles. The van der Waals surface area contributed by atoms with Gasteiger partial charge >= 0.3 is 0 Å². The Hall–Kier alpha value is -2.00. The highest BCUT2D eigenvalue weighted by Gasteiger charge is 2.06. The first kappa shape index (κ1) is 11.1. The molecule has 1 heterocycles. The normalized spacial score (nSPS) is 10.7. The predicted octanol–water partition coefficient (Wildman–Crippen LogP) is 4.31. The van der Waals surface area contributed by atoms with Crippen LogP contribution in [0.2, 0.25) is 0 Å². The van der Waals surface area contributed by atoms with Crippen LogP contribution in [0.4, 0.5) is 11.7 Å². The molecule has 4 heteroatoms.